The normalized spacial score (nSPS) is 14.7. The maximum Gasteiger partial charge on any atom is 0.356 e. The van der Waals surface area contributed by atoms with Crippen molar-refractivity contribution < 1.29 is 23.4 Å². The van der Waals surface area contributed by atoms with Gasteiger partial charge in [0.25, 0.3) is 5.79 Å². The van der Waals surface area contributed by atoms with Crippen LogP contribution in [0.3, 0.4) is 0 Å². The Bertz CT molecular complexity index is 232. The first-order valence-corrected chi connectivity index (χ1v) is 8.51. The molecule has 96 valence electrons. The van der Waals surface area contributed by atoms with Gasteiger partial charge in [-0.15, -0.1) is 0 Å². The van der Waals surface area contributed by atoms with E-state index in [1.54, 1.807) is 6.92 Å². The van der Waals surface area contributed by atoms with Crippen LogP contribution in [0.5, 0.6) is 0 Å². The van der Waals surface area contributed by atoms with E-state index < -0.39 is 26.2 Å². The van der Waals surface area contributed by atoms with Gasteiger partial charge in [0.15, 0.2) is 0 Å². The van der Waals surface area contributed by atoms with Gasteiger partial charge in [0.05, 0.1) is 0 Å². The van der Waals surface area contributed by atoms with Gasteiger partial charge in [0, 0.05) is 21.3 Å². The standard InChI is InChI=1S/C10H22O5Si/c1-8(12-2)10(13-3,14-4)9(11)15-16(5,6)7/h8H,1-7H3. The van der Waals surface area contributed by atoms with Crippen molar-refractivity contribution in [3.05, 3.63) is 0 Å². The highest BCUT2D eigenvalue weighted by atomic mass is 28.4. The molecule has 0 fully saturated rings. The molecule has 0 bridgehead atoms. The molecular weight excluding hydrogens is 228 g/mol. The van der Waals surface area contributed by atoms with Crippen LogP contribution in [0.25, 0.3) is 0 Å². The molecule has 0 aliphatic carbocycles. The molecule has 0 aliphatic rings. The van der Waals surface area contributed by atoms with Gasteiger partial charge in [0.1, 0.15) is 6.10 Å². The molecule has 0 N–H and O–H groups in total. The molecule has 0 aromatic rings. The van der Waals surface area contributed by atoms with Crippen LogP contribution in [0.15, 0.2) is 0 Å². The Labute approximate surface area is 98.1 Å². The van der Waals surface area contributed by atoms with E-state index in [4.69, 9.17) is 18.6 Å². The highest BCUT2D eigenvalue weighted by Gasteiger charge is 2.48. The minimum atomic E-state index is -1.99. The molecule has 0 radical (unpaired) electrons. The minimum Gasteiger partial charge on any atom is -0.516 e. The van der Waals surface area contributed by atoms with Crippen LogP contribution < -0.4 is 0 Å². The van der Waals surface area contributed by atoms with Crippen LogP contribution in [-0.2, 0) is 23.4 Å². The molecule has 5 nitrogen and oxygen atoms in total. The fraction of sp³-hybridized carbons (Fsp3) is 0.900. The van der Waals surface area contributed by atoms with Crippen LogP contribution in [-0.4, -0.2) is 47.5 Å². The second-order valence-electron chi connectivity index (χ2n) is 4.46. The first kappa shape index (κ1) is 15.6. The Morgan fingerprint density at radius 2 is 1.56 bits per heavy atom. The third-order valence-electron chi connectivity index (χ3n) is 2.18. The maximum atomic E-state index is 12.0. The van der Waals surface area contributed by atoms with E-state index in [9.17, 15) is 4.79 Å². The number of rotatable bonds is 6. The smallest absolute Gasteiger partial charge is 0.356 e. The highest BCUT2D eigenvalue weighted by Crippen LogP contribution is 2.23. The Hall–Kier alpha value is -0.433. The molecule has 0 rings (SSSR count). The zero-order valence-corrected chi connectivity index (χ0v) is 12.1. The van der Waals surface area contributed by atoms with E-state index in [0.717, 1.165) is 0 Å². The number of carbonyl (C=O) groups is 1. The van der Waals surface area contributed by atoms with Crippen molar-refractivity contribution in [3.63, 3.8) is 0 Å². The summed E-state index contributed by atoms with van der Waals surface area (Å²) in [4.78, 5) is 12.0. The van der Waals surface area contributed by atoms with Crippen LogP contribution in [0, 0.1) is 0 Å². The lowest BCUT2D eigenvalue weighted by atomic mass is 10.1. The summed E-state index contributed by atoms with van der Waals surface area (Å²) in [7, 11) is 2.29. The predicted molar refractivity (Wildman–Crippen MR) is 62.7 cm³/mol. The summed E-state index contributed by atoms with van der Waals surface area (Å²) in [6, 6.07) is 0. The first-order valence-electron chi connectivity index (χ1n) is 5.10. The molecule has 0 saturated heterocycles. The lowest BCUT2D eigenvalue weighted by Gasteiger charge is -2.34. The molecule has 0 amide bonds. The summed E-state index contributed by atoms with van der Waals surface area (Å²) in [6.45, 7) is 7.44. The van der Waals surface area contributed by atoms with E-state index in [1.807, 2.05) is 19.6 Å². The Morgan fingerprint density at radius 1 is 1.12 bits per heavy atom. The largest absolute Gasteiger partial charge is 0.516 e. The van der Waals surface area contributed by atoms with Gasteiger partial charge in [0.2, 0.25) is 8.32 Å². The predicted octanol–water partition coefficient (Wildman–Crippen LogP) is 1.39. The van der Waals surface area contributed by atoms with Gasteiger partial charge >= 0.3 is 5.97 Å². The Morgan fingerprint density at radius 3 is 1.81 bits per heavy atom. The molecule has 0 aromatic heterocycles. The van der Waals surface area contributed by atoms with Crippen LogP contribution >= 0.6 is 0 Å². The Kier molecular flexibility index (Phi) is 5.61. The van der Waals surface area contributed by atoms with Crippen LogP contribution in [0.1, 0.15) is 6.92 Å². The van der Waals surface area contributed by atoms with Gasteiger partial charge in [-0.25, -0.2) is 4.79 Å². The van der Waals surface area contributed by atoms with Crippen molar-refractivity contribution in [1.82, 2.24) is 0 Å². The lowest BCUT2D eigenvalue weighted by Crippen LogP contribution is -2.55. The summed E-state index contributed by atoms with van der Waals surface area (Å²) >= 11 is 0. The van der Waals surface area contributed by atoms with E-state index >= 15 is 0 Å². The molecule has 16 heavy (non-hydrogen) atoms. The molecule has 0 spiro atoms. The minimum absolute atomic E-state index is 0.536. The van der Waals surface area contributed by atoms with Crippen molar-refractivity contribution in [2.24, 2.45) is 0 Å². The zero-order chi connectivity index (χ0) is 13.0. The molecule has 0 saturated carbocycles. The van der Waals surface area contributed by atoms with E-state index in [2.05, 4.69) is 0 Å². The third-order valence-corrected chi connectivity index (χ3v) is 2.98. The van der Waals surface area contributed by atoms with Gasteiger partial charge in [-0.05, 0) is 26.6 Å². The Balaban J connectivity index is 4.97. The molecule has 6 heteroatoms. The molecule has 0 aliphatic heterocycles. The van der Waals surface area contributed by atoms with E-state index in [0.29, 0.717) is 0 Å². The fourth-order valence-corrected chi connectivity index (χ4v) is 1.95. The van der Waals surface area contributed by atoms with Crippen molar-refractivity contribution in [3.8, 4) is 0 Å². The van der Waals surface area contributed by atoms with Gasteiger partial charge in [-0.1, -0.05) is 0 Å². The molecule has 0 aromatic carbocycles. The summed E-state index contributed by atoms with van der Waals surface area (Å²) < 4.78 is 20.8. The summed E-state index contributed by atoms with van der Waals surface area (Å²) in [5.41, 5.74) is 0. The van der Waals surface area contributed by atoms with Crippen molar-refractivity contribution in [2.75, 3.05) is 21.3 Å². The number of hydrogen-bond acceptors (Lipinski definition) is 5. The zero-order valence-electron chi connectivity index (χ0n) is 11.1. The second-order valence-corrected chi connectivity index (χ2v) is 8.88. The highest BCUT2D eigenvalue weighted by molar-refractivity contribution is 6.71. The summed E-state index contributed by atoms with van der Waals surface area (Å²) in [5, 5.41) is 0. The fourth-order valence-electron chi connectivity index (χ4n) is 1.25. The summed E-state index contributed by atoms with van der Waals surface area (Å²) in [5.74, 6) is -2.03. The number of methoxy groups -OCH3 is 3. The van der Waals surface area contributed by atoms with Crippen molar-refractivity contribution >= 4 is 14.3 Å². The first-order chi connectivity index (χ1) is 7.23. The average molecular weight is 250 g/mol. The quantitative estimate of drug-likeness (QED) is 0.526. The number of carbonyl (C=O) groups excluding carboxylic acids is 1. The van der Waals surface area contributed by atoms with Gasteiger partial charge in [-0.3, -0.25) is 0 Å². The molecule has 1 atom stereocenters. The van der Waals surface area contributed by atoms with Gasteiger partial charge in [-0.2, -0.15) is 0 Å². The monoisotopic (exact) mass is 250 g/mol. The second kappa shape index (κ2) is 5.76. The summed E-state index contributed by atoms with van der Waals surface area (Å²) in [6.07, 6.45) is -0.550. The molecular formula is C10H22O5Si. The number of ether oxygens (including phenoxy) is 3. The molecule has 1 unspecified atom stereocenters. The van der Waals surface area contributed by atoms with Crippen molar-refractivity contribution in [1.29, 1.82) is 0 Å². The third kappa shape index (κ3) is 3.55. The SMILES string of the molecule is COC(C)C(OC)(OC)C(=O)O[Si](C)(C)C. The number of hydrogen-bond donors (Lipinski definition) is 0. The maximum absolute atomic E-state index is 12.0. The molecule has 0 heterocycles. The van der Waals surface area contributed by atoms with Gasteiger partial charge < -0.3 is 18.6 Å². The lowest BCUT2D eigenvalue weighted by molar-refractivity contribution is -0.259. The van der Waals surface area contributed by atoms with Crippen LogP contribution in [0.4, 0.5) is 0 Å². The van der Waals surface area contributed by atoms with E-state index in [-0.39, 0.29) is 0 Å². The van der Waals surface area contributed by atoms with Crippen molar-refractivity contribution in [2.45, 2.75) is 38.5 Å². The average Bonchev–Trinajstić information content (AvgIpc) is 2.17. The van der Waals surface area contributed by atoms with Crippen LogP contribution in [0.2, 0.25) is 19.6 Å². The topological polar surface area (TPSA) is 54.0 Å². The van der Waals surface area contributed by atoms with E-state index in [1.165, 1.54) is 21.3 Å².